The van der Waals surface area contributed by atoms with Crippen LogP contribution in [0.3, 0.4) is 0 Å². The van der Waals surface area contributed by atoms with Crippen LogP contribution in [0.5, 0.6) is 0 Å². The number of aryl methyl sites for hydroxylation is 2. The third kappa shape index (κ3) is 2.83. The van der Waals surface area contributed by atoms with Crippen molar-refractivity contribution in [3.05, 3.63) is 17.7 Å². The first-order valence-electron chi connectivity index (χ1n) is 5.96. The molecule has 0 saturated carbocycles. The van der Waals surface area contributed by atoms with Gasteiger partial charge in [-0.2, -0.15) is 11.8 Å². The number of rotatable bonds is 3. The summed E-state index contributed by atoms with van der Waals surface area (Å²) in [7, 11) is 0. The molecule has 2 atom stereocenters. The summed E-state index contributed by atoms with van der Waals surface area (Å²) in [5.74, 6) is 1.29. The van der Waals surface area contributed by atoms with Crippen molar-refractivity contribution >= 4 is 17.7 Å². The molecule has 17 heavy (non-hydrogen) atoms. The predicted octanol–water partition coefficient (Wildman–Crippen LogP) is 1.37. The second-order valence-electron chi connectivity index (χ2n) is 4.57. The zero-order valence-electron chi connectivity index (χ0n) is 10.6. The molecule has 0 spiro atoms. The van der Waals surface area contributed by atoms with Gasteiger partial charge in [-0.3, -0.25) is 4.79 Å². The first kappa shape index (κ1) is 12.5. The van der Waals surface area contributed by atoms with Gasteiger partial charge in [-0.25, -0.2) is 4.98 Å². The lowest BCUT2D eigenvalue weighted by Gasteiger charge is -2.25. The standard InChI is InChI=1S/C12H19N3OS/c1-8-6-15-7-10(4-5-11(15)13-8)14-12(16)9(2)17-3/h6,9-10H,4-5,7H2,1-3H3,(H,14,16). The number of nitrogens with one attached hydrogen (secondary N) is 1. The molecule has 0 bridgehead atoms. The van der Waals surface area contributed by atoms with Crippen LogP contribution in [0.2, 0.25) is 0 Å². The van der Waals surface area contributed by atoms with Crippen LogP contribution in [-0.2, 0) is 17.8 Å². The minimum Gasteiger partial charge on any atom is -0.351 e. The molecule has 1 N–H and O–H groups in total. The topological polar surface area (TPSA) is 46.9 Å². The summed E-state index contributed by atoms with van der Waals surface area (Å²) in [5.41, 5.74) is 1.06. The zero-order valence-corrected chi connectivity index (χ0v) is 11.4. The number of hydrogen-bond donors (Lipinski definition) is 1. The van der Waals surface area contributed by atoms with E-state index >= 15 is 0 Å². The molecule has 1 amide bonds. The largest absolute Gasteiger partial charge is 0.351 e. The van der Waals surface area contributed by atoms with E-state index in [0.717, 1.165) is 30.9 Å². The number of carbonyl (C=O) groups is 1. The minimum atomic E-state index is 0.0286. The van der Waals surface area contributed by atoms with Crippen molar-refractivity contribution < 1.29 is 4.79 Å². The molecule has 2 rings (SSSR count). The number of hydrogen-bond acceptors (Lipinski definition) is 3. The SMILES string of the molecule is CSC(C)C(=O)NC1CCc2nc(C)cn2C1. The minimum absolute atomic E-state index is 0.0286. The van der Waals surface area contributed by atoms with Crippen LogP contribution in [0.25, 0.3) is 0 Å². The fourth-order valence-electron chi connectivity index (χ4n) is 2.13. The van der Waals surface area contributed by atoms with Crippen molar-refractivity contribution in [1.82, 2.24) is 14.9 Å². The molecule has 1 aliphatic rings. The molecule has 1 aromatic rings. The smallest absolute Gasteiger partial charge is 0.233 e. The zero-order chi connectivity index (χ0) is 12.4. The maximum absolute atomic E-state index is 11.8. The quantitative estimate of drug-likeness (QED) is 0.885. The maximum atomic E-state index is 11.8. The van der Waals surface area contributed by atoms with Crippen molar-refractivity contribution in [2.75, 3.05) is 6.26 Å². The highest BCUT2D eigenvalue weighted by Crippen LogP contribution is 2.15. The third-order valence-electron chi connectivity index (χ3n) is 3.18. The van der Waals surface area contributed by atoms with Crippen molar-refractivity contribution in [2.24, 2.45) is 0 Å². The Kier molecular flexibility index (Phi) is 3.76. The first-order chi connectivity index (χ1) is 8.10. The molecule has 2 unspecified atom stereocenters. The summed E-state index contributed by atoms with van der Waals surface area (Å²) in [6.07, 6.45) is 5.96. The number of thioether (sulfide) groups is 1. The highest BCUT2D eigenvalue weighted by Gasteiger charge is 2.22. The molecule has 0 radical (unpaired) electrons. The van der Waals surface area contributed by atoms with Gasteiger partial charge in [-0.1, -0.05) is 0 Å². The van der Waals surface area contributed by atoms with Gasteiger partial charge in [0.25, 0.3) is 0 Å². The van der Waals surface area contributed by atoms with Crippen molar-refractivity contribution in [3.63, 3.8) is 0 Å². The molecule has 0 aliphatic carbocycles. The molecule has 5 heteroatoms. The van der Waals surface area contributed by atoms with E-state index in [9.17, 15) is 4.79 Å². The molecule has 4 nitrogen and oxygen atoms in total. The summed E-state index contributed by atoms with van der Waals surface area (Å²) in [6.45, 7) is 4.80. The molecule has 2 heterocycles. The molecule has 94 valence electrons. The molecule has 0 aromatic carbocycles. The molecular formula is C12H19N3OS. The van der Waals surface area contributed by atoms with Gasteiger partial charge >= 0.3 is 0 Å². The summed E-state index contributed by atoms with van der Waals surface area (Å²) in [4.78, 5) is 16.3. The molecule has 1 aliphatic heterocycles. The Balaban J connectivity index is 1.96. The number of amides is 1. The summed E-state index contributed by atoms with van der Waals surface area (Å²) < 4.78 is 2.16. The van der Waals surface area contributed by atoms with E-state index in [0.29, 0.717) is 0 Å². The van der Waals surface area contributed by atoms with Crippen LogP contribution in [0.1, 0.15) is 24.9 Å². The van der Waals surface area contributed by atoms with Crippen molar-refractivity contribution in [2.45, 2.75) is 44.5 Å². The van der Waals surface area contributed by atoms with Gasteiger partial charge < -0.3 is 9.88 Å². The number of imidazole rings is 1. The first-order valence-corrected chi connectivity index (χ1v) is 7.24. The Labute approximate surface area is 106 Å². The fourth-order valence-corrected chi connectivity index (χ4v) is 2.41. The number of aromatic nitrogens is 2. The second kappa shape index (κ2) is 5.12. The molecule has 1 aromatic heterocycles. The number of fused-ring (bicyclic) bond motifs is 1. The van der Waals surface area contributed by atoms with E-state index < -0.39 is 0 Å². The second-order valence-corrected chi connectivity index (χ2v) is 5.75. The van der Waals surface area contributed by atoms with Gasteiger partial charge in [0, 0.05) is 25.2 Å². The van der Waals surface area contributed by atoms with Crippen LogP contribution in [0, 0.1) is 6.92 Å². The van der Waals surface area contributed by atoms with Crippen LogP contribution in [0.4, 0.5) is 0 Å². The number of nitrogens with zero attached hydrogens (tertiary/aromatic N) is 2. The van der Waals surface area contributed by atoms with E-state index in [1.165, 1.54) is 0 Å². The Morgan fingerprint density at radius 2 is 2.47 bits per heavy atom. The van der Waals surface area contributed by atoms with Gasteiger partial charge in [0.05, 0.1) is 10.9 Å². The van der Waals surface area contributed by atoms with Crippen molar-refractivity contribution in [3.8, 4) is 0 Å². The van der Waals surface area contributed by atoms with E-state index in [1.807, 2.05) is 20.1 Å². The van der Waals surface area contributed by atoms with Gasteiger partial charge in [0.15, 0.2) is 0 Å². The van der Waals surface area contributed by atoms with E-state index in [1.54, 1.807) is 11.8 Å². The van der Waals surface area contributed by atoms with E-state index in [2.05, 4.69) is 21.1 Å². The summed E-state index contributed by atoms with van der Waals surface area (Å²) in [6, 6.07) is 0.248. The van der Waals surface area contributed by atoms with Gasteiger partial charge in [0.2, 0.25) is 5.91 Å². The highest BCUT2D eigenvalue weighted by molar-refractivity contribution is 7.99. The lowest BCUT2D eigenvalue weighted by molar-refractivity contribution is -0.121. The molecule has 0 saturated heterocycles. The average Bonchev–Trinajstić information content (AvgIpc) is 2.67. The predicted molar refractivity (Wildman–Crippen MR) is 70.2 cm³/mol. The Morgan fingerprint density at radius 1 is 1.71 bits per heavy atom. The van der Waals surface area contributed by atoms with E-state index in [4.69, 9.17) is 0 Å². The maximum Gasteiger partial charge on any atom is 0.233 e. The van der Waals surface area contributed by atoms with Crippen LogP contribution < -0.4 is 5.32 Å². The van der Waals surface area contributed by atoms with Crippen LogP contribution in [-0.4, -0.2) is 33.0 Å². The van der Waals surface area contributed by atoms with Crippen molar-refractivity contribution in [1.29, 1.82) is 0 Å². The molecular weight excluding hydrogens is 234 g/mol. The Hall–Kier alpha value is -0.970. The van der Waals surface area contributed by atoms with Crippen LogP contribution in [0.15, 0.2) is 6.20 Å². The Morgan fingerprint density at radius 3 is 3.18 bits per heavy atom. The van der Waals surface area contributed by atoms with Gasteiger partial charge in [0.1, 0.15) is 5.82 Å². The lowest BCUT2D eigenvalue weighted by atomic mass is 10.1. The van der Waals surface area contributed by atoms with Gasteiger partial charge in [-0.05, 0) is 26.5 Å². The average molecular weight is 253 g/mol. The highest BCUT2D eigenvalue weighted by atomic mass is 32.2. The summed E-state index contributed by atoms with van der Waals surface area (Å²) >= 11 is 1.58. The third-order valence-corrected chi connectivity index (χ3v) is 4.10. The monoisotopic (exact) mass is 253 g/mol. The van der Waals surface area contributed by atoms with E-state index in [-0.39, 0.29) is 17.2 Å². The normalized spacial score (nSPS) is 20.8. The van der Waals surface area contributed by atoms with Crippen LogP contribution >= 0.6 is 11.8 Å². The fraction of sp³-hybridized carbons (Fsp3) is 0.667. The Bertz CT molecular complexity index is 416. The lowest BCUT2D eigenvalue weighted by Crippen LogP contribution is -2.43. The molecule has 0 fully saturated rings. The summed E-state index contributed by atoms with van der Waals surface area (Å²) in [5, 5.41) is 3.14. The van der Waals surface area contributed by atoms with Gasteiger partial charge in [-0.15, -0.1) is 0 Å². The number of carbonyl (C=O) groups excluding carboxylic acids is 1.